The van der Waals surface area contributed by atoms with Crippen molar-refractivity contribution in [3.63, 3.8) is 0 Å². The second kappa shape index (κ2) is 8.39. The molecule has 0 heterocycles. The average Bonchev–Trinajstić information content (AvgIpc) is 2.47. The Hall–Kier alpha value is -1.27. The number of benzene rings is 1. The van der Waals surface area contributed by atoms with Crippen molar-refractivity contribution in [2.24, 2.45) is 11.1 Å². The van der Waals surface area contributed by atoms with Crippen LogP contribution < -0.4 is 11.1 Å². The van der Waals surface area contributed by atoms with E-state index in [9.17, 15) is 18.0 Å². The van der Waals surface area contributed by atoms with Crippen molar-refractivity contribution in [2.45, 2.75) is 39.4 Å². The quantitative estimate of drug-likeness (QED) is 0.834. The molecule has 0 saturated carbocycles. The summed E-state index contributed by atoms with van der Waals surface area (Å²) in [5.74, 6) is -0.158. The van der Waals surface area contributed by atoms with Gasteiger partial charge in [0.25, 0.3) is 0 Å². The van der Waals surface area contributed by atoms with Gasteiger partial charge in [0.2, 0.25) is 5.91 Å². The summed E-state index contributed by atoms with van der Waals surface area (Å²) in [6.45, 7) is 4.24. The summed E-state index contributed by atoms with van der Waals surface area (Å²) in [6.07, 6.45) is -3.10. The van der Waals surface area contributed by atoms with Gasteiger partial charge >= 0.3 is 6.18 Å². The zero-order valence-electron chi connectivity index (χ0n) is 12.7. The standard InChI is InChI=1S/C15H21F3N2O.ClH/c1-3-14(4-2,10-19)13(21)20-9-11-5-7-12(8-6-11)15(16,17)18;/h5-8H,3-4,9-10,19H2,1-2H3,(H,20,21);1H. The van der Waals surface area contributed by atoms with Crippen molar-refractivity contribution in [1.29, 1.82) is 0 Å². The zero-order chi connectivity index (χ0) is 16.1. The number of carbonyl (C=O) groups excluding carboxylic acids is 1. The van der Waals surface area contributed by atoms with Gasteiger partial charge in [0.05, 0.1) is 11.0 Å². The van der Waals surface area contributed by atoms with Gasteiger partial charge in [-0.05, 0) is 30.5 Å². The zero-order valence-corrected chi connectivity index (χ0v) is 13.5. The Morgan fingerprint density at radius 2 is 1.64 bits per heavy atom. The molecule has 7 heteroatoms. The number of nitrogens with two attached hydrogens (primary N) is 1. The highest BCUT2D eigenvalue weighted by atomic mass is 35.5. The van der Waals surface area contributed by atoms with Gasteiger partial charge in [-0.15, -0.1) is 12.4 Å². The lowest BCUT2D eigenvalue weighted by Crippen LogP contribution is -2.45. The first kappa shape index (κ1) is 20.7. The molecule has 1 amide bonds. The summed E-state index contributed by atoms with van der Waals surface area (Å²) in [7, 11) is 0. The van der Waals surface area contributed by atoms with E-state index < -0.39 is 17.2 Å². The molecule has 3 N–H and O–H groups in total. The second-order valence-corrected chi connectivity index (χ2v) is 5.07. The lowest BCUT2D eigenvalue weighted by Gasteiger charge is -2.28. The fourth-order valence-corrected chi connectivity index (χ4v) is 2.13. The van der Waals surface area contributed by atoms with Crippen LogP contribution in [0.2, 0.25) is 0 Å². The number of hydrogen-bond donors (Lipinski definition) is 2. The third kappa shape index (κ3) is 4.88. The van der Waals surface area contributed by atoms with E-state index in [1.165, 1.54) is 12.1 Å². The Bertz CT molecular complexity index is 462. The minimum Gasteiger partial charge on any atom is -0.352 e. The van der Waals surface area contributed by atoms with E-state index in [-0.39, 0.29) is 31.4 Å². The Morgan fingerprint density at radius 1 is 1.14 bits per heavy atom. The molecule has 22 heavy (non-hydrogen) atoms. The molecule has 0 aromatic heterocycles. The van der Waals surface area contributed by atoms with E-state index in [0.29, 0.717) is 18.4 Å². The van der Waals surface area contributed by atoms with Crippen LogP contribution in [0.25, 0.3) is 0 Å². The van der Waals surface area contributed by atoms with Crippen LogP contribution in [0, 0.1) is 5.41 Å². The topological polar surface area (TPSA) is 55.1 Å². The third-order valence-corrected chi connectivity index (χ3v) is 3.96. The Labute approximate surface area is 134 Å². The molecule has 0 saturated heterocycles. The van der Waals surface area contributed by atoms with E-state index in [2.05, 4.69) is 5.32 Å². The maximum Gasteiger partial charge on any atom is 0.416 e. The van der Waals surface area contributed by atoms with Crippen LogP contribution in [-0.4, -0.2) is 12.5 Å². The molecule has 0 bridgehead atoms. The lowest BCUT2D eigenvalue weighted by molar-refractivity contribution is -0.137. The molecule has 126 valence electrons. The van der Waals surface area contributed by atoms with Crippen molar-refractivity contribution in [3.8, 4) is 0 Å². The second-order valence-electron chi connectivity index (χ2n) is 5.07. The van der Waals surface area contributed by atoms with E-state index in [1.54, 1.807) is 0 Å². The van der Waals surface area contributed by atoms with Crippen LogP contribution >= 0.6 is 12.4 Å². The molecule has 3 nitrogen and oxygen atoms in total. The van der Waals surface area contributed by atoms with Crippen molar-refractivity contribution in [1.82, 2.24) is 5.32 Å². The summed E-state index contributed by atoms with van der Waals surface area (Å²) in [5.41, 5.74) is 5.00. The molecule has 1 aromatic rings. The molecule has 1 rings (SSSR count). The number of halogens is 4. The third-order valence-electron chi connectivity index (χ3n) is 3.96. The van der Waals surface area contributed by atoms with E-state index in [1.807, 2.05) is 13.8 Å². The number of carbonyl (C=O) groups is 1. The summed E-state index contributed by atoms with van der Waals surface area (Å²) < 4.78 is 37.3. The Morgan fingerprint density at radius 3 is 2.00 bits per heavy atom. The van der Waals surface area contributed by atoms with Crippen LogP contribution in [0.5, 0.6) is 0 Å². The minimum atomic E-state index is -4.35. The molecule has 0 atom stereocenters. The first-order valence-electron chi connectivity index (χ1n) is 6.93. The summed E-state index contributed by atoms with van der Waals surface area (Å²) in [4.78, 5) is 12.2. The molecule has 0 aliphatic rings. The van der Waals surface area contributed by atoms with Gasteiger partial charge in [-0.3, -0.25) is 4.79 Å². The molecule has 0 fully saturated rings. The summed E-state index contributed by atoms with van der Waals surface area (Å²) >= 11 is 0. The van der Waals surface area contributed by atoms with Gasteiger partial charge in [-0.2, -0.15) is 13.2 Å². The Kier molecular flexibility index (Phi) is 7.90. The number of hydrogen-bond acceptors (Lipinski definition) is 2. The van der Waals surface area contributed by atoms with E-state index >= 15 is 0 Å². The minimum absolute atomic E-state index is 0. The van der Waals surface area contributed by atoms with E-state index in [0.717, 1.165) is 12.1 Å². The first-order valence-corrected chi connectivity index (χ1v) is 6.93. The van der Waals surface area contributed by atoms with Crippen molar-refractivity contribution < 1.29 is 18.0 Å². The molecule has 0 aliphatic carbocycles. The fourth-order valence-electron chi connectivity index (χ4n) is 2.13. The maximum atomic E-state index is 12.4. The molecular weight excluding hydrogens is 317 g/mol. The van der Waals surface area contributed by atoms with Crippen molar-refractivity contribution >= 4 is 18.3 Å². The highest BCUT2D eigenvalue weighted by Crippen LogP contribution is 2.29. The molecule has 0 spiro atoms. The smallest absolute Gasteiger partial charge is 0.352 e. The fraction of sp³-hybridized carbons (Fsp3) is 0.533. The summed E-state index contributed by atoms with van der Waals surface area (Å²) in [6, 6.07) is 4.75. The largest absolute Gasteiger partial charge is 0.416 e. The highest BCUT2D eigenvalue weighted by Gasteiger charge is 2.33. The van der Waals surface area contributed by atoms with Gasteiger partial charge < -0.3 is 11.1 Å². The number of nitrogens with one attached hydrogen (secondary N) is 1. The predicted octanol–water partition coefficient (Wildman–Crippen LogP) is 3.51. The van der Waals surface area contributed by atoms with Gasteiger partial charge in [0.1, 0.15) is 0 Å². The van der Waals surface area contributed by atoms with Gasteiger partial charge in [-0.25, -0.2) is 0 Å². The summed E-state index contributed by atoms with van der Waals surface area (Å²) in [5, 5.41) is 2.75. The van der Waals surface area contributed by atoms with Crippen molar-refractivity contribution in [2.75, 3.05) is 6.54 Å². The van der Waals surface area contributed by atoms with Gasteiger partial charge in [-0.1, -0.05) is 26.0 Å². The van der Waals surface area contributed by atoms with Crippen LogP contribution in [-0.2, 0) is 17.5 Å². The molecule has 1 aromatic carbocycles. The molecular formula is C15H22ClF3N2O. The number of amides is 1. The van der Waals surface area contributed by atoms with Gasteiger partial charge in [0, 0.05) is 13.1 Å². The normalized spacial score (nSPS) is 11.7. The van der Waals surface area contributed by atoms with Crippen LogP contribution in [0.1, 0.15) is 37.8 Å². The molecule has 0 aliphatic heterocycles. The number of rotatable bonds is 6. The Balaban J connectivity index is 0.00000441. The van der Waals surface area contributed by atoms with Gasteiger partial charge in [0.15, 0.2) is 0 Å². The average molecular weight is 339 g/mol. The maximum absolute atomic E-state index is 12.4. The predicted molar refractivity (Wildman–Crippen MR) is 82.6 cm³/mol. The SMILES string of the molecule is CCC(CC)(CN)C(=O)NCc1ccc(C(F)(F)F)cc1.Cl. The van der Waals surface area contributed by atoms with Crippen LogP contribution in [0.4, 0.5) is 13.2 Å². The lowest BCUT2D eigenvalue weighted by atomic mass is 9.81. The molecule has 0 unspecified atom stereocenters. The van der Waals surface area contributed by atoms with Crippen LogP contribution in [0.15, 0.2) is 24.3 Å². The molecule has 0 radical (unpaired) electrons. The number of alkyl halides is 3. The van der Waals surface area contributed by atoms with Crippen LogP contribution in [0.3, 0.4) is 0 Å². The first-order chi connectivity index (χ1) is 9.79. The highest BCUT2D eigenvalue weighted by molar-refractivity contribution is 5.85. The van der Waals surface area contributed by atoms with Crippen molar-refractivity contribution in [3.05, 3.63) is 35.4 Å². The monoisotopic (exact) mass is 338 g/mol. The van der Waals surface area contributed by atoms with E-state index in [4.69, 9.17) is 5.73 Å².